The van der Waals surface area contributed by atoms with Crippen LogP contribution in [0.4, 0.5) is 16.3 Å². The van der Waals surface area contributed by atoms with Crippen molar-refractivity contribution in [3.8, 4) is 11.5 Å². The Kier molecular flexibility index (Phi) is 9.05. The molecular formula is C26H28FN9O3. The van der Waals surface area contributed by atoms with Crippen molar-refractivity contribution in [3.05, 3.63) is 67.1 Å². The lowest BCUT2D eigenvalue weighted by atomic mass is 10.2. The molecule has 1 aliphatic rings. The zero-order valence-corrected chi connectivity index (χ0v) is 21.2. The highest BCUT2D eigenvalue weighted by Crippen LogP contribution is 2.20. The molecule has 0 bridgehead atoms. The van der Waals surface area contributed by atoms with Gasteiger partial charge in [0.1, 0.15) is 25.0 Å². The molecule has 0 aliphatic carbocycles. The molecule has 1 saturated heterocycles. The van der Waals surface area contributed by atoms with Gasteiger partial charge in [0.05, 0.1) is 38.7 Å². The topological polar surface area (TPSA) is 128 Å². The Morgan fingerprint density at radius 1 is 0.846 bits per heavy atom. The molecular weight excluding hydrogens is 505 g/mol. The predicted molar refractivity (Wildman–Crippen MR) is 141 cm³/mol. The summed E-state index contributed by atoms with van der Waals surface area (Å²) in [6, 6.07) is 3.80. The van der Waals surface area contributed by atoms with Crippen LogP contribution in [0.2, 0.25) is 0 Å². The summed E-state index contributed by atoms with van der Waals surface area (Å²) >= 11 is 0. The van der Waals surface area contributed by atoms with Crippen LogP contribution < -0.4 is 9.80 Å². The number of rotatable bonds is 12. The van der Waals surface area contributed by atoms with Gasteiger partial charge in [-0.1, -0.05) is 18.2 Å². The Hall–Kier alpha value is -4.36. The first-order chi connectivity index (χ1) is 19.3. The van der Waals surface area contributed by atoms with Crippen molar-refractivity contribution < 1.29 is 18.3 Å². The molecule has 1 fully saturated rings. The summed E-state index contributed by atoms with van der Waals surface area (Å²) in [6.07, 6.45) is 15.2. The molecule has 202 valence electrons. The number of alkyl halides is 1. The largest absolute Gasteiger partial charge is 0.442 e. The van der Waals surface area contributed by atoms with Crippen molar-refractivity contribution in [3.63, 3.8) is 0 Å². The SMILES string of the molecule is FCCOCCOC[C@H]1CN(c2ncc(/C=C/c3ccc(-c4cnco4)nc3)cn2)CCN1c1ncncn1. The summed E-state index contributed by atoms with van der Waals surface area (Å²) in [5, 5.41) is 0. The second kappa shape index (κ2) is 13.4. The van der Waals surface area contributed by atoms with Gasteiger partial charge in [-0.25, -0.2) is 34.3 Å². The van der Waals surface area contributed by atoms with Gasteiger partial charge in [0.15, 0.2) is 12.2 Å². The average Bonchev–Trinajstić information content (AvgIpc) is 3.54. The van der Waals surface area contributed by atoms with Crippen molar-refractivity contribution >= 4 is 24.0 Å². The quantitative estimate of drug-likeness (QED) is 0.248. The molecule has 12 nitrogen and oxygen atoms in total. The minimum Gasteiger partial charge on any atom is -0.442 e. The van der Waals surface area contributed by atoms with E-state index in [9.17, 15) is 4.39 Å². The zero-order valence-electron chi connectivity index (χ0n) is 21.2. The minimum absolute atomic E-state index is 0.0436. The molecule has 1 aliphatic heterocycles. The predicted octanol–water partition coefficient (Wildman–Crippen LogP) is 2.58. The summed E-state index contributed by atoms with van der Waals surface area (Å²) < 4.78 is 28.5. The van der Waals surface area contributed by atoms with Crippen LogP contribution in [0.5, 0.6) is 0 Å². The fourth-order valence-corrected chi connectivity index (χ4v) is 4.08. The first-order valence-corrected chi connectivity index (χ1v) is 12.5. The van der Waals surface area contributed by atoms with E-state index in [0.29, 0.717) is 57.1 Å². The maximum Gasteiger partial charge on any atom is 0.228 e. The Balaban J connectivity index is 1.20. The maximum atomic E-state index is 12.2. The van der Waals surface area contributed by atoms with Crippen LogP contribution in [0.25, 0.3) is 23.6 Å². The van der Waals surface area contributed by atoms with Crippen LogP contribution >= 0.6 is 0 Å². The van der Waals surface area contributed by atoms with E-state index in [4.69, 9.17) is 13.9 Å². The number of hydrogen-bond acceptors (Lipinski definition) is 12. The number of ether oxygens (including phenoxy) is 2. The monoisotopic (exact) mass is 533 g/mol. The van der Waals surface area contributed by atoms with E-state index in [1.165, 1.54) is 19.0 Å². The molecule has 13 heteroatoms. The number of halogens is 1. The summed E-state index contributed by atoms with van der Waals surface area (Å²) in [5.41, 5.74) is 2.53. The van der Waals surface area contributed by atoms with Gasteiger partial charge in [-0.2, -0.15) is 0 Å². The number of aromatic nitrogens is 7. The molecule has 0 unspecified atom stereocenters. The second-order valence-corrected chi connectivity index (χ2v) is 8.60. The van der Waals surface area contributed by atoms with Gasteiger partial charge < -0.3 is 23.7 Å². The third-order valence-corrected chi connectivity index (χ3v) is 6.00. The van der Waals surface area contributed by atoms with Crippen LogP contribution in [0.3, 0.4) is 0 Å². The van der Waals surface area contributed by atoms with E-state index in [-0.39, 0.29) is 12.6 Å². The molecule has 5 heterocycles. The number of pyridine rings is 1. The van der Waals surface area contributed by atoms with Crippen molar-refractivity contribution in [2.24, 2.45) is 0 Å². The van der Waals surface area contributed by atoms with E-state index >= 15 is 0 Å². The Labute approximate surface area is 224 Å². The van der Waals surface area contributed by atoms with Crippen molar-refractivity contribution in [2.45, 2.75) is 6.04 Å². The van der Waals surface area contributed by atoms with E-state index in [0.717, 1.165) is 16.8 Å². The normalized spacial score (nSPS) is 15.8. The Morgan fingerprint density at radius 3 is 2.38 bits per heavy atom. The molecule has 0 amide bonds. The van der Waals surface area contributed by atoms with Crippen LogP contribution in [-0.2, 0) is 9.47 Å². The van der Waals surface area contributed by atoms with E-state index in [1.807, 2.05) is 24.3 Å². The Morgan fingerprint density at radius 2 is 1.64 bits per heavy atom. The standard InChI is InChI=1S/C26H28FN9O3/c27-5-8-37-9-10-38-16-22-15-35(6-7-36(22)26-33-17-29-18-34-26)25-31-12-21(13-32-25)2-1-20-3-4-23(30-11-20)24-14-28-19-39-24/h1-4,11-14,17-19,22H,5-10,15-16H2/b2-1+/t22-/m1/s1. The van der Waals surface area contributed by atoms with Gasteiger partial charge >= 0.3 is 0 Å². The van der Waals surface area contributed by atoms with Gasteiger partial charge in [0.25, 0.3) is 0 Å². The van der Waals surface area contributed by atoms with Gasteiger partial charge in [-0.05, 0) is 11.6 Å². The molecule has 39 heavy (non-hydrogen) atoms. The fourth-order valence-electron chi connectivity index (χ4n) is 4.08. The molecule has 0 spiro atoms. The van der Waals surface area contributed by atoms with Gasteiger partial charge in [-0.3, -0.25) is 4.98 Å². The van der Waals surface area contributed by atoms with Crippen molar-refractivity contribution in [2.75, 3.05) is 62.5 Å². The summed E-state index contributed by atoms with van der Waals surface area (Å²) in [6.45, 7) is 2.68. The van der Waals surface area contributed by atoms with Gasteiger partial charge in [0, 0.05) is 43.8 Å². The third kappa shape index (κ3) is 7.15. The van der Waals surface area contributed by atoms with E-state index in [2.05, 4.69) is 44.7 Å². The van der Waals surface area contributed by atoms with E-state index in [1.54, 1.807) is 24.8 Å². The molecule has 5 rings (SSSR count). The molecule has 4 aromatic heterocycles. The van der Waals surface area contributed by atoms with Gasteiger partial charge in [0.2, 0.25) is 11.9 Å². The first-order valence-electron chi connectivity index (χ1n) is 12.5. The first kappa shape index (κ1) is 26.3. The molecule has 0 radical (unpaired) electrons. The van der Waals surface area contributed by atoms with Crippen molar-refractivity contribution in [1.82, 2.24) is 34.9 Å². The van der Waals surface area contributed by atoms with Gasteiger partial charge in [-0.15, -0.1) is 0 Å². The third-order valence-electron chi connectivity index (χ3n) is 6.00. The zero-order chi connectivity index (χ0) is 26.7. The highest BCUT2D eigenvalue weighted by molar-refractivity contribution is 5.69. The van der Waals surface area contributed by atoms with E-state index < -0.39 is 6.67 Å². The summed E-state index contributed by atoms with van der Waals surface area (Å²) in [7, 11) is 0. The smallest absolute Gasteiger partial charge is 0.228 e. The van der Waals surface area contributed by atoms with Crippen LogP contribution in [-0.4, -0.2) is 93.7 Å². The molecule has 1 atom stereocenters. The molecule has 4 aromatic rings. The average molecular weight is 534 g/mol. The summed E-state index contributed by atoms with van der Waals surface area (Å²) in [4.78, 5) is 34.3. The van der Waals surface area contributed by atoms with Crippen LogP contribution in [0, 0.1) is 0 Å². The highest BCUT2D eigenvalue weighted by Gasteiger charge is 2.30. The lowest BCUT2D eigenvalue weighted by Gasteiger charge is -2.41. The fraction of sp³-hybridized carbons (Fsp3) is 0.346. The lowest BCUT2D eigenvalue weighted by molar-refractivity contribution is 0.0371. The minimum atomic E-state index is -0.506. The van der Waals surface area contributed by atoms with Crippen molar-refractivity contribution in [1.29, 1.82) is 0 Å². The van der Waals surface area contributed by atoms with Crippen LogP contribution in [0.15, 0.2) is 60.4 Å². The number of piperazine rings is 1. The molecule has 0 N–H and O–H groups in total. The Bertz CT molecular complexity index is 1290. The number of oxazole rings is 1. The van der Waals surface area contributed by atoms with Crippen LogP contribution in [0.1, 0.15) is 11.1 Å². The summed E-state index contributed by atoms with van der Waals surface area (Å²) in [5.74, 6) is 1.86. The number of anilines is 2. The molecule has 0 saturated carbocycles. The number of nitrogens with zero attached hydrogens (tertiary/aromatic N) is 9. The molecule has 0 aromatic carbocycles. The number of hydrogen-bond donors (Lipinski definition) is 0. The maximum absolute atomic E-state index is 12.2. The second-order valence-electron chi connectivity index (χ2n) is 8.60. The lowest BCUT2D eigenvalue weighted by Crippen LogP contribution is -2.56. The highest BCUT2D eigenvalue weighted by atomic mass is 19.1.